The summed E-state index contributed by atoms with van der Waals surface area (Å²) in [4.78, 5) is 119. The number of benzene rings is 1. The molecule has 1 aliphatic rings. The van der Waals surface area contributed by atoms with Crippen molar-refractivity contribution in [3.05, 3.63) is 83.3 Å². The molecule has 2 bridgehead atoms. The lowest BCUT2D eigenvalue weighted by Gasteiger charge is -2.32. The first-order valence-electron chi connectivity index (χ1n) is 21.6. The second-order valence-corrected chi connectivity index (χ2v) is 15.9. The van der Waals surface area contributed by atoms with Gasteiger partial charge in [0.05, 0.1) is 24.7 Å². The molecule has 21 heteroatoms. The van der Waals surface area contributed by atoms with E-state index in [1.54, 1.807) is 62.8 Å². The van der Waals surface area contributed by atoms with Crippen molar-refractivity contribution in [3.8, 4) is 0 Å². The van der Waals surface area contributed by atoms with Gasteiger partial charge in [0.1, 0.15) is 29.7 Å². The van der Waals surface area contributed by atoms with E-state index in [1.165, 1.54) is 37.2 Å². The molecule has 0 radical (unpaired) electrons. The number of hydrazone groups is 1. The summed E-state index contributed by atoms with van der Waals surface area (Å²) < 4.78 is 0. The zero-order chi connectivity index (χ0) is 48.0. The molecule has 0 fully saturated rings. The third kappa shape index (κ3) is 16.8. The van der Waals surface area contributed by atoms with Crippen LogP contribution in [0.1, 0.15) is 97.6 Å². The summed E-state index contributed by atoms with van der Waals surface area (Å²) in [6, 6.07) is 7.91. The van der Waals surface area contributed by atoms with Gasteiger partial charge in [-0.2, -0.15) is 5.10 Å². The van der Waals surface area contributed by atoms with Gasteiger partial charge in [-0.15, -0.1) is 0 Å². The number of rotatable bonds is 18. The van der Waals surface area contributed by atoms with Gasteiger partial charge in [0.15, 0.2) is 0 Å². The second kappa shape index (κ2) is 26.3. The molecular weight excluding hydrogens is 851 g/mol. The lowest BCUT2D eigenvalue weighted by Crippen LogP contribution is -2.57. The Balaban J connectivity index is 1.41. The highest BCUT2D eigenvalue weighted by Crippen LogP contribution is 2.19. The summed E-state index contributed by atoms with van der Waals surface area (Å²) in [6.45, 7) is 4.65. The first-order valence-corrected chi connectivity index (χ1v) is 21.6. The number of anilines is 2. The van der Waals surface area contributed by atoms with Crippen LogP contribution in [0.5, 0.6) is 0 Å². The molecular formula is C45H59N13O8. The number of ketones is 1. The Kier molecular flexibility index (Phi) is 20.3. The highest BCUT2D eigenvalue weighted by molar-refractivity contribution is 6.01. The molecule has 3 aromatic rings. The number of hydrogen-bond donors (Lipinski definition) is 8. The Hall–Kier alpha value is -7.58. The van der Waals surface area contributed by atoms with Crippen LogP contribution in [0.25, 0.3) is 0 Å². The van der Waals surface area contributed by atoms with Gasteiger partial charge in [0.2, 0.25) is 29.5 Å². The zero-order valence-electron chi connectivity index (χ0n) is 37.6. The first-order chi connectivity index (χ1) is 31.6. The Morgan fingerprint density at radius 3 is 2.39 bits per heavy atom. The fourth-order valence-corrected chi connectivity index (χ4v) is 6.73. The van der Waals surface area contributed by atoms with E-state index in [9.17, 15) is 38.4 Å². The molecule has 9 N–H and O–H groups in total. The van der Waals surface area contributed by atoms with Crippen molar-refractivity contribution in [2.75, 3.05) is 37.4 Å². The molecule has 66 heavy (non-hydrogen) atoms. The van der Waals surface area contributed by atoms with Crippen LogP contribution in [0.15, 0.2) is 71.1 Å². The minimum Gasteiger partial charge on any atom is -0.390 e. The van der Waals surface area contributed by atoms with Gasteiger partial charge in [-0.25, -0.2) is 4.98 Å². The van der Waals surface area contributed by atoms with E-state index in [4.69, 9.17) is 5.73 Å². The molecule has 0 saturated carbocycles. The van der Waals surface area contributed by atoms with E-state index in [0.717, 1.165) is 11.9 Å². The fourth-order valence-electron chi connectivity index (χ4n) is 6.73. The number of hydrogen-bond acceptors (Lipinski definition) is 13. The van der Waals surface area contributed by atoms with Crippen molar-refractivity contribution in [2.45, 2.75) is 90.4 Å². The van der Waals surface area contributed by atoms with Crippen LogP contribution < -0.4 is 43.1 Å². The third-order valence-electron chi connectivity index (χ3n) is 10.3. The number of likely N-dealkylation sites (N-methyl/N-ethyl adjacent to an activating group) is 1. The van der Waals surface area contributed by atoms with Crippen LogP contribution in [-0.2, 0) is 35.3 Å². The number of Topliss-reactive ketones (excluding diaryl/α,β-unsaturated/α-hetero) is 1. The van der Waals surface area contributed by atoms with Crippen molar-refractivity contribution in [1.82, 2.24) is 41.5 Å². The largest absolute Gasteiger partial charge is 0.390 e. The van der Waals surface area contributed by atoms with Crippen molar-refractivity contribution in [3.63, 3.8) is 0 Å². The van der Waals surface area contributed by atoms with Crippen LogP contribution in [0.3, 0.4) is 0 Å². The van der Waals surface area contributed by atoms with Crippen LogP contribution >= 0.6 is 0 Å². The van der Waals surface area contributed by atoms with E-state index in [2.05, 4.69) is 57.4 Å². The number of nitrogens with two attached hydrogens (primary N) is 1. The van der Waals surface area contributed by atoms with Gasteiger partial charge in [-0.1, -0.05) is 20.3 Å². The molecule has 4 rings (SSSR count). The standard InChI is InChI=1S/C45H59N13O8/c1-28(2)40-45(66)58(4)36(9-8-15-48-27-46)44(65)52-26-39(61)55-35(19-29(3)59)43(64)51-23-31-20-33(42(63)56-40)22-34(21-31)54-38(60)10-6-5-7-16-49-41(62)32-11-12-37(50-25-32)57-53-24-30-13-17-47-18-14-30/h11-14,17-18,20-22,24-25,27-28,35-36,40H,5-10,15-16,19,23,26H2,1-4H3,(H2,46,48)(H,49,62)(H,50,57)(H,51,64)(H,52,65)(H,54,60)(H,55,61)(H,56,63)/b53-24-/t35-,36-,40?/m0/s1. The van der Waals surface area contributed by atoms with Gasteiger partial charge < -0.3 is 42.5 Å². The number of unbranched alkanes of at least 4 members (excludes halogenated alkanes) is 2. The van der Waals surface area contributed by atoms with E-state index in [1.807, 2.05) is 0 Å². The van der Waals surface area contributed by atoms with E-state index in [-0.39, 0.29) is 61.2 Å². The van der Waals surface area contributed by atoms with Gasteiger partial charge in [0, 0.05) is 69.4 Å². The molecule has 3 atom stereocenters. The average molecular weight is 910 g/mol. The number of nitrogens with one attached hydrogen (secondary N) is 7. The van der Waals surface area contributed by atoms with Crippen molar-refractivity contribution in [1.29, 1.82) is 0 Å². The summed E-state index contributed by atoms with van der Waals surface area (Å²) >= 11 is 0. The fraction of sp³-hybridized carbons (Fsp3) is 0.422. The summed E-state index contributed by atoms with van der Waals surface area (Å²) in [5, 5.41) is 20.3. The summed E-state index contributed by atoms with van der Waals surface area (Å²) in [6.07, 6.45) is 9.47. The maximum absolute atomic E-state index is 14.0. The molecule has 2 aromatic heterocycles. The Bertz CT molecular complexity index is 2240. The van der Waals surface area contributed by atoms with Gasteiger partial charge in [-0.3, -0.25) is 53.8 Å². The summed E-state index contributed by atoms with van der Waals surface area (Å²) in [5.74, 6) is -4.32. The molecule has 352 valence electrons. The number of aromatic nitrogens is 2. The minimum atomic E-state index is -1.29. The average Bonchev–Trinajstić information content (AvgIpc) is 3.29. The minimum absolute atomic E-state index is 0.0631. The Morgan fingerprint density at radius 1 is 0.939 bits per heavy atom. The number of pyridine rings is 2. The summed E-state index contributed by atoms with van der Waals surface area (Å²) in [5.41, 5.74) is 10.1. The van der Waals surface area contributed by atoms with Crippen molar-refractivity contribution >= 4 is 71.2 Å². The molecule has 21 nitrogen and oxygen atoms in total. The van der Waals surface area contributed by atoms with Crippen molar-refractivity contribution < 1.29 is 38.4 Å². The molecule has 1 unspecified atom stereocenters. The maximum Gasteiger partial charge on any atom is 0.252 e. The monoisotopic (exact) mass is 909 g/mol. The highest BCUT2D eigenvalue weighted by atomic mass is 16.2. The zero-order valence-corrected chi connectivity index (χ0v) is 37.6. The molecule has 0 saturated heterocycles. The number of carbonyl (C=O) groups excluding carboxylic acids is 8. The second-order valence-electron chi connectivity index (χ2n) is 15.9. The van der Waals surface area contributed by atoms with Crippen LogP contribution in [0.4, 0.5) is 11.5 Å². The molecule has 0 aliphatic carbocycles. The van der Waals surface area contributed by atoms with Crippen LogP contribution in [0, 0.1) is 5.92 Å². The Morgan fingerprint density at radius 2 is 1.70 bits per heavy atom. The predicted octanol–water partition coefficient (Wildman–Crippen LogP) is 1.41. The predicted molar refractivity (Wildman–Crippen MR) is 247 cm³/mol. The van der Waals surface area contributed by atoms with Gasteiger partial charge in [0.25, 0.3) is 11.8 Å². The number of nitrogens with zero attached hydrogens (tertiary/aromatic N) is 5. The number of carbonyl (C=O) groups is 8. The number of amides is 7. The normalized spacial score (nSPS) is 17.6. The smallest absolute Gasteiger partial charge is 0.252 e. The Labute approximate surface area is 383 Å². The van der Waals surface area contributed by atoms with Crippen LogP contribution in [0.2, 0.25) is 0 Å². The maximum atomic E-state index is 14.0. The van der Waals surface area contributed by atoms with Gasteiger partial charge in [-0.05, 0) is 92.1 Å². The quantitative estimate of drug-likeness (QED) is 0.0389. The van der Waals surface area contributed by atoms with Crippen LogP contribution in [-0.4, -0.2) is 119 Å². The molecule has 7 amide bonds. The lowest BCUT2D eigenvalue weighted by atomic mass is 9.99. The van der Waals surface area contributed by atoms with E-state index in [0.29, 0.717) is 49.2 Å². The topological polar surface area (TPSA) is 301 Å². The highest BCUT2D eigenvalue weighted by Gasteiger charge is 2.34. The third-order valence-corrected chi connectivity index (χ3v) is 10.3. The number of aliphatic imine (C=N–C) groups is 1. The van der Waals surface area contributed by atoms with Gasteiger partial charge >= 0.3 is 0 Å². The number of fused-ring (bicyclic) bond motifs is 2. The molecule has 1 aromatic carbocycles. The molecule has 3 heterocycles. The first kappa shape index (κ1) is 51.1. The lowest BCUT2D eigenvalue weighted by molar-refractivity contribution is -0.141. The SMILES string of the molecule is CC(=O)C[C@@H]1NC(=O)CNC(=O)[C@H](CCCN=CN)N(C)C(=O)C(C(C)C)NC(=O)c2cc(cc(NC(=O)CCCCCNC(=O)c3ccc(N/N=C\c4ccncc4)nc3)c2)CNC1=O. The van der Waals surface area contributed by atoms with E-state index >= 15 is 0 Å². The summed E-state index contributed by atoms with van der Waals surface area (Å²) in [7, 11) is 1.43. The molecule has 1 aliphatic heterocycles. The van der Waals surface area contributed by atoms with Crippen molar-refractivity contribution in [2.24, 2.45) is 21.7 Å². The molecule has 0 spiro atoms. The van der Waals surface area contributed by atoms with E-state index < -0.39 is 60.1 Å².